The molecule has 2 N–H and O–H groups in total. The number of rotatable bonds is 7. The van der Waals surface area contributed by atoms with E-state index in [1.165, 1.54) is 0 Å². The number of amides is 1. The van der Waals surface area contributed by atoms with E-state index < -0.39 is 17.5 Å². The van der Waals surface area contributed by atoms with E-state index >= 15 is 0 Å². The van der Waals surface area contributed by atoms with Crippen molar-refractivity contribution >= 4 is 11.6 Å². The third-order valence-corrected chi connectivity index (χ3v) is 3.62. The second-order valence-electron chi connectivity index (χ2n) is 5.67. The molecule has 0 saturated carbocycles. The van der Waals surface area contributed by atoms with Gasteiger partial charge in [0.1, 0.15) is 18.2 Å². The molecule has 134 valence electrons. The lowest BCUT2D eigenvalue weighted by molar-refractivity contribution is -0.885. The number of hydrogen-bond acceptors (Lipinski definition) is 3. The molecule has 2 rings (SSSR count). The highest BCUT2D eigenvalue weighted by Gasteiger charge is 2.14. The lowest BCUT2D eigenvalue weighted by Gasteiger charge is -2.15. The van der Waals surface area contributed by atoms with E-state index in [1.54, 1.807) is 20.3 Å². The molecule has 0 fully saturated rings. The van der Waals surface area contributed by atoms with Gasteiger partial charge < -0.3 is 19.7 Å². The van der Waals surface area contributed by atoms with Crippen molar-refractivity contribution in [2.75, 3.05) is 33.1 Å². The summed E-state index contributed by atoms with van der Waals surface area (Å²) in [4.78, 5) is 12.9. The maximum absolute atomic E-state index is 13.6. The first-order valence-electron chi connectivity index (χ1n) is 7.70. The van der Waals surface area contributed by atoms with E-state index in [9.17, 15) is 13.6 Å². The maximum Gasteiger partial charge on any atom is 0.279 e. The molecule has 25 heavy (non-hydrogen) atoms. The van der Waals surface area contributed by atoms with Crippen LogP contribution in [0.3, 0.4) is 0 Å². The van der Waals surface area contributed by atoms with Gasteiger partial charge in [-0.05, 0) is 30.3 Å². The second-order valence-corrected chi connectivity index (χ2v) is 5.67. The quantitative estimate of drug-likeness (QED) is 0.797. The molecule has 1 amide bonds. The molecule has 0 aliphatic heterocycles. The summed E-state index contributed by atoms with van der Waals surface area (Å²) < 4.78 is 37.1. The predicted octanol–water partition coefficient (Wildman–Crippen LogP) is 1.64. The number of nitrogens with one attached hydrogen (secondary N) is 2. The van der Waals surface area contributed by atoms with Crippen molar-refractivity contribution in [3.05, 3.63) is 53.6 Å². The van der Waals surface area contributed by atoms with Crippen LogP contribution in [0.4, 0.5) is 14.5 Å². The van der Waals surface area contributed by atoms with Crippen LogP contribution < -0.4 is 19.7 Å². The first-order valence-corrected chi connectivity index (χ1v) is 7.70. The zero-order valence-corrected chi connectivity index (χ0v) is 14.4. The zero-order chi connectivity index (χ0) is 18.4. The fraction of sp³-hybridized carbons (Fsp3) is 0.278. The molecule has 1 atom stereocenters. The molecule has 0 aliphatic rings. The Balaban J connectivity index is 1.96. The first-order chi connectivity index (χ1) is 11.9. The number of anilines is 1. The third-order valence-electron chi connectivity index (χ3n) is 3.62. The van der Waals surface area contributed by atoms with E-state index in [0.29, 0.717) is 18.0 Å². The summed E-state index contributed by atoms with van der Waals surface area (Å²) in [6.45, 7) is 0.656. The fourth-order valence-electron chi connectivity index (χ4n) is 2.46. The van der Waals surface area contributed by atoms with Gasteiger partial charge in [0, 0.05) is 11.6 Å². The van der Waals surface area contributed by atoms with Gasteiger partial charge in [-0.15, -0.1) is 0 Å². The maximum atomic E-state index is 13.6. The molecule has 0 spiro atoms. The fourth-order valence-corrected chi connectivity index (χ4v) is 2.46. The minimum absolute atomic E-state index is 0.101. The van der Waals surface area contributed by atoms with Crippen LogP contribution in [0.5, 0.6) is 11.5 Å². The molecule has 0 bridgehead atoms. The smallest absolute Gasteiger partial charge is 0.279 e. The summed E-state index contributed by atoms with van der Waals surface area (Å²) in [5, 5.41) is 2.39. The first kappa shape index (κ1) is 18.7. The van der Waals surface area contributed by atoms with Crippen molar-refractivity contribution in [1.29, 1.82) is 0 Å². The van der Waals surface area contributed by atoms with E-state index in [2.05, 4.69) is 5.32 Å². The lowest BCUT2D eigenvalue weighted by Crippen LogP contribution is -3.08. The molecule has 0 aromatic heterocycles. The lowest BCUT2D eigenvalue weighted by atomic mass is 10.2. The summed E-state index contributed by atoms with van der Waals surface area (Å²) in [7, 11) is 4.95. The number of carbonyl (C=O) groups is 1. The van der Waals surface area contributed by atoms with Gasteiger partial charge in [-0.3, -0.25) is 4.79 Å². The Morgan fingerprint density at radius 3 is 2.48 bits per heavy atom. The van der Waals surface area contributed by atoms with Crippen LogP contribution in [-0.2, 0) is 11.3 Å². The van der Waals surface area contributed by atoms with E-state index in [4.69, 9.17) is 9.47 Å². The van der Waals surface area contributed by atoms with E-state index in [0.717, 1.165) is 28.7 Å². The van der Waals surface area contributed by atoms with Crippen molar-refractivity contribution in [2.45, 2.75) is 6.54 Å². The summed E-state index contributed by atoms with van der Waals surface area (Å²) in [6, 6.07) is 8.45. The molecule has 2 aromatic carbocycles. The number of methoxy groups -OCH3 is 2. The van der Waals surface area contributed by atoms with Gasteiger partial charge in [0.25, 0.3) is 5.91 Å². The minimum Gasteiger partial charge on any atom is -0.493 e. The largest absolute Gasteiger partial charge is 0.493 e. The molecular weight excluding hydrogens is 330 g/mol. The predicted molar refractivity (Wildman–Crippen MR) is 90.0 cm³/mol. The Morgan fingerprint density at radius 2 is 1.80 bits per heavy atom. The molecule has 2 aromatic rings. The molecule has 0 radical (unpaired) electrons. The molecule has 0 saturated heterocycles. The van der Waals surface area contributed by atoms with E-state index in [1.807, 2.05) is 19.2 Å². The van der Waals surface area contributed by atoms with Gasteiger partial charge in [0.15, 0.2) is 18.0 Å². The van der Waals surface area contributed by atoms with Gasteiger partial charge in [-0.2, -0.15) is 0 Å². The number of quaternary nitrogens is 1. The molecule has 5 nitrogen and oxygen atoms in total. The average molecular weight is 351 g/mol. The number of carbonyl (C=O) groups excluding carboxylic acids is 1. The SMILES string of the molecule is COc1ccc(C[NH+](C)CC(=O)Nc2cc(F)ccc2F)cc1OC. The van der Waals surface area contributed by atoms with Crippen LogP contribution in [-0.4, -0.2) is 33.7 Å². The molecule has 0 aliphatic carbocycles. The second kappa shape index (κ2) is 8.43. The molecule has 7 heteroatoms. The van der Waals surface area contributed by atoms with Crippen LogP contribution in [0, 0.1) is 11.6 Å². The van der Waals surface area contributed by atoms with Gasteiger partial charge in [0.2, 0.25) is 0 Å². The number of hydrogen-bond donors (Lipinski definition) is 2. The van der Waals surface area contributed by atoms with E-state index in [-0.39, 0.29) is 12.2 Å². The number of benzene rings is 2. The average Bonchev–Trinajstić information content (AvgIpc) is 2.57. The number of likely N-dealkylation sites (N-methyl/N-ethyl adjacent to an activating group) is 1. The highest BCUT2D eigenvalue weighted by Crippen LogP contribution is 2.27. The Morgan fingerprint density at radius 1 is 1.08 bits per heavy atom. The van der Waals surface area contributed by atoms with Gasteiger partial charge in [0.05, 0.1) is 27.0 Å². The summed E-state index contributed by atoms with van der Waals surface area (Å²) >= 11 is 0. The van der Waals surface area contributed by atoms with Crippen molar-refractivity contribution < 1.29 is 27.9 Å². The van der Waals surface area contributed by atoms with Crippen molar-refractivity contribution in [1.82, 2.24) is 0 Å². The van der Waals surface area contributed by atoms with Crippen LogP contribution in [0.25, 0.3) is 0 Å². The Labute approximate surface area is 145 Å². The topological polar surface area (TPSA) is 52.0 Å². The van der Waals surface area contributed by atoms with Gasteiger partial charge >= 0.3 is 0 Å². The standard InChI is InChI=1S/C18H20F2N2O3/c1-22(10-12-4-7-16(24-2)17(8-12)25-3)11-18(23)21-15-9-13(19)5-6-14(15)20/h4-9H,10-11H2,1-3H3,(H,21,23)/p+1. The highest BCUT2D eigenvalue weighted by molar-refractivity contribution is 5.91. The van der Waals surface area contributed by atoms with Gasteiger partial charge in [-0.25, -0.2) is 8.78 Å². The summed E-state index contributed by atoms with van der Waals surface area (Å²) in [5.41, 5.74) is 0.795. The molecule has 1 unspecified atom stereocenters. The zero-order valence-electron chi connectivity index (χ0n) is 14.4. The molecule has 0 heterocycles. The van der Waals surface area contributed by atoms with Crippen LogP contribution in [0.1, 0.15) is 5.56 Å². The third kappa shape index (κ3) is 5.15. The monoisotopic (exact) mass is 351 g/mol. The Hall–Kier alpha value is -2.67. The Kier molecular flexibility index (Phi) is 6.30. The summed E-state index contributed by atoms with van der Waals surface area (Å²) in [6.07, 6.45) is 0. The number of ether oxygens (including phenoxy) is 2. The normalized spacial score (nSPS) is 11.7. The van der Waals surface area contributed by atoms with Crippen molar-refractivity contribution in [3.63, 3.8) is 0 Å². The summed E-state index contributed by atoms with van der Waals surface area (Å²) in [5.74, 6) is -0.445. The van der Waals surface area contributed by atoms with Crippen LogP contribution in [0.2, 0.25) is 0 Å². The Bertz CT molecular complexity index is 753. The van der Waals surface area contributed by atoms with Crippen LogP contribution in [0.15, 0.2) is 36.4 Å². The van der Waals surface area contributed by atoms with Crippen LogP contribution >= 0.6 is 0 Å². The number of halogens is 2. The highest BCUT2D eigenvalue weighted by atomic mass is 19.1. The van der Waals surface area contributed by atoms with Gasteiger partial charge in [-0.1, -0.05) is 0 Å². The minimum atomic E-state index is -0.674. The van der Waals surface area contributed by atoms with Crippen molar-refractivity contribution in [2.24, 2.45) is 0 Å². The van der Waals surface area contributed by atoms with Crippen molar-refractivity contribution in [3.8, 4) is 11.5 Å². The molecular formula is C18H21F2N2O3+.